The molecule has 1 N–H and O–H groups in total. The highest BCUT2D eigenvalue weighted by molar-refractivity contribution is 7.17. The van der Waals surface area contributed by atoms with E-state index in [2.05, 4.69) is 28.9 Å². The van der Waals surface area contributed by atoms with Gasteiger partial charge in [0.15, 0.2) is 3.79 Å². The highest BCUT2D eigenvalue weighted by Crippen LogP contribution is 2.44. The van der Waals surface area contributed by atoms with E-state index >= 15 is 0 Å². The third-order valence-corrected chi connectivity index (χ3v) is 4.73. The molecule has 1 aromatic heterocycles. The summed E-state index contributed by atoms with van der Waals surface area (Å²) in [6.45, 7) is 2.02. The van der Waals surface area contributed by atoms with Crippen molar-refractivity contribution in [1.29, 1.82) is 0 Å². The molecule has 18 heavy (non-hydrogen) atoms. The first kappa shape index (κ1) is 14.4. The molecule has 0 radical (unpaired) electrons. The Morgan fingerprint density at radius 3 is 2.56 bits per heavy atom. The Morgan fingerprint density at radius 1 is 1.22 bits per heavy atom. The van der Waals surface area contributed by atoms with Crippen LogP contribution in [0.25, 0.3) is 10.1 Å². The van der Waals surface area contributed by atoms with Crippen molar-refractivity contribution in [3.63, 3.8) is 0 Å². The van der Waals surface area contributed by atoms with E-state index in [-0.39, 0.29) is 12.0 Å². The lowest BCUT2D eigenvalue weighted by Gasteiger charge is -2.30. The zero-order valence-electron chi connectivity index (χ0n) is 10.1. The second kappa shape index (κ2) is 5.56. The fourth-order valence-corrected chi connectivity index (χ4v) is 3.88. The number of halogens is 3. The summed E-state index contributed by atoms with van der Waals surface area (Å²) < 4.78 is -0.108. The second-order valence-corrected chi connectivity index (χ2v) is 7.63. The Labute approximate surface area is 126 Å². The summed E-state index contributed by atoms with van der Waals surface area (Å²) in [5.74, 6) is -0.181. The van der Waals surface area contributed by atoms with E-state index in [4.69, 9.17) is 34.8 Å². The lowest BCUT2D eigenvalue weighted by atomic mass is 9.93. The molecule has 5 heteroatoms. The molecule has 0 bridgehead atoms. The van der Waals surface area contributed by atoms with Crippen molar-refractivity contribution in [2.24, 2.45) is 0 Å². The van der Waals surface area contributed by atoms with Gasteiger partial charge < -0.3 is 5.32 Å². The minimum absolute atomic E-state index is 0.0786. The smallest absolute Gasteiger partial charge is 0.198 e. The third-order valence-electron chi connectivity index (χ3n) is 3.15. The number of rotatable bonds is 3. The van der Waals surface area contributed by atoms with E-state index in [1.807, 2.05) is 20.0 Å². The summed E-state index contributed by atoms with van der Waals surface area (Å²) in [7, 11) is 1.87. The molecule has 2 rings (SSSR count). The molecule has 0 saturated carbocycles. The fourth-order valence-electron chi connectivity index (χ4n) is 2.09. The summed E-state index contributed by atoms with van der Waals surface area (Å²) in [5, 5.41) is 6.46. The van der Waals surface area contributed by atoms with Gasteiger partial charge in [0.2, 0.25) is 0 Å². The standard InChI is InChI=1S/C13H14Cl3NS/c1-8(17-2)12(13(14,15)16)10-4-3-9-5-6-18-11(9)7-10/h3-8,12,17H,1-2H3. The summed E-state index contributed by atoms with van der Waals surface area (Å²) in [6.07, 6.45) is 0. The summed E-state index contributed by atoms with van der Waals surface area (Å²) in [6, 6.07) is 8.40. The van der Waals surface area contributed by atoms with Crippen LogP contribution in [-0.4, -0.2) is 16.9 Å². The van der Waals surface area contributed by atoms with E-state index in [9.17, 15) is 0 Å². The maximum Gasteiger partial charge on any atom is 0.198 e. The molecule has 0 aliphatic rings. The first-order valence-electron chi connectivity index (χ1n) is 5.64. The molecule has 0 spiro atoms. The predicted molar refractivity (Wildman–Crippen MR) is 83.4 cm³/mol. The molecule has 98 valence electrons. The Bertz CT molecular complexity index is 532. The number of thiophene rings is 1. The van der Waals surface area contributed by atoms with E-state index in [1.165, 1.54) is 10.1 Å². The molecule has 2 atom stereocenters. The predicted octanol–water partition coefficient (Wildman–Crippen LogP) is 4.96. The van der Waals surface area contributed by atoms with Gasteiger partial charge in [0.05, 0.1) is 0 Å². The van der Waals surface area contributed by atoms with Gasteiger partial charge >= 0.3 is 0 Å². The van der Waals surface area contributed by atoms with Gasteiger partial charge in [-0.25, -0.2) is 0 Å². The van der Waals surface area contributed by atoms with Crippen LogP contribution in [-0.2, 0) is 0 Å². The first-order chi connectivity index (χ1) is 8.43. The molecule has 0 amide bonds. The highest BCUT2D eigenvalue weighted by atomic mass is 35.6. The van der Waals surface area contributed by atoms with Gasteiger partial charge in [0.25, 0.3) is 0 Å². The van der Waals surface area contributed by atoms with Crippen LogP contribution in [0.2, 0.25) is 0 Å². The monoisotopic (exact) mass is 321 g/mol. The minimum Gasteiger partial charge on any atom is -0.317 e. The quantitative estimate of drug-likeness (QED) is 0.787. The van der Waals surface area contributed by atoms with Gasteiger partial charge in [-0.1, -0.05) is 46.9 Å². The van der Waals surface area contributed by atoms with Crippen LogP contribution < -0.4 is 5.32 Å². The van der Waals surface area contributed by atoms with E-state index in [0.717, 1.165) is 5.56 Å². The molecule has 2 unspecified atom stereocenters. The maximum absolute atomic E-state index is 6.13. The van der Waals surface area contributed by atoms with E-state index in [1.54, 1.807) is 11.3 Å². The van der Waals surface area contributed by atoms with Crippen LogP contribution >= 0.6 is 46.1 Å². The molecule has 0 fully saturated rings. The number of hydrogen-bond acceptors (Lipinski definition) is 2. The Hall–Kier alpha value is 0.01000. The van der Waals surface area contributed by atoms with Crippen molar-refractivity contribution in [3.8, 4) is 0 Å². The molecule has 0 aliphatic carbocycles. The normalized spacial score (nSPS) is 15.8. The molecule has 1 heterocycles. The molecule has 0 aliphatic heterocycles. The summed E-state index contributed by atoms with van der Waals surface area (Å²) in [4.78, 5) is 0. The van der Waals surface area contributed by atoms with Crippen molar-refractivity contribution in [2.45, 2.75) is 22.7 Å². The van der Waals surface area contributed by atoms with Gasteiger partial charge in [0.1, 0.15) is 0 Å². The fraction of sp³-hybridized carbons (Fsp3) is 0.385. The Kier molecular flexibility index (Phi) is 4.45. The number of hydrogen-bond donors (Lipinski definition) is 1. The van der Waals surface area contributed by atoms with Crippen LogP contribution in [0.3, 0.4) is 0 Å². The number of nitrogens with one attached hydrogen (secondary N) is 1. The van der Waals surface area contributed by atoms with Gasteiger partial charge in [-0.3, -0.25) is 0 Å². The largest absolute Gasteiger partial charge is 0.317 e. The van der Waals surface area contributed by atoms with Gasteiger partial charge in [-0.05, 0) is 42.4 Å². The average Bonchev–Trinajstić information content (AvgIpc) is 2.74. The Balaban J connectivity index is 2.46. The SMILES string of the molecule is CNC(C)C(c1ccc2ccsc2c1)C(Cl)(Cl)Cl. The average molecular weight is 323 g/mol. The van der Waals surface area contributed by atoms with Crippen molar-refractivity contribution < 1.29 is 0 Å². The van der Waals surface area contributed by atoms with Crippen LogP contribution in [0.15, 0.2) is 29.6 Å². The Morgan fingerprint density at radius 2 is 1.94 bits per heavy atom. The van der Waals surface area contributed by atoms with Crippen LogP contribution in [0, 0.1) is 0 Å². The third kappa shape index (κ3) is 2.94. The molecule has 1 nitrogen and oxygen atoms in total. The van der Waals surface area contributed by atoms with Crippen molar-refractivity contribution in [2.75, 3.05) is 7.05 Å². The van der Waals surface area contributed by atoms with Gasteiger partial charge in [-0.2, -0.15) is 0 Å². The van der Waals surface area contributed by atoms with Crippen LogP contribution in [0.1, 0.15) is 18.4 Å². The molecular formula is C13H14Cl3NS. The number of likely N-dealkylation sites (N-methyl/N-ethyl adjacent to an activating group) is 1. The minimum atomic E-state index is -1.33. The second-order valence-electron chi connectivity index (χ2n) is 4.31. The number of fused-ring (bicyclic) bond motifs is 1. The zero-order valence-corrected chi connectivity index (χ0v) is 13.2. The van der Waals surface area contributed by atoms with Gasteiger partial charge in [-0.15, -0.1) is 11.3 Å². The topological polar surface area (TPSA) is 12.0 Å². The van der Waals surface area contributed by atoms with Crippen molar-refractivity contribution in [1.82, 2.24) is 5.32 Å². The van der Waals surface area contributed by atoms with Gasteiger partial charge in [0, 0.05) is 16.7 Å². The summed E-state index contributed by atoms with van der Waals surface area (Å²) >= 11 is 20.1. The number of alkyl halides is 3. The zero-order chi connectivity index (χ0) is 13.3. The van der Waals surface area contributed by atoms with Crippen LogP contribution in [0.4, 0.5) is 0 Å². The molecule has 0 saturated heterocycles. The lowest BCUT2D eigenvalue weighted by Crippen LogP contribution is -2.36. The highest BCUT2D eigenvalue weighted by Gasteiger charge is 2.37. The van der Waals surface area contributed by atoms with E-state index < -0.39 is 3.79 Å². The maximum atomic E-state index is 6.13. The van der Waals surface area contributed by atoms with Crippen molar-refractivity contribution >= 4 is 56.2 Å². The van der Waals surface area contributed by atoms with Crippen molar-refractivity contribution in [3.05, 3.63) is 35.2 Å². The molecule has 2 aromatic rings. The first-order valence-corrected chi connectivity index (χ1v) is 7.66. The molecular weight excluding hydrogens is 309 g/mol. The van der Waals surface area contributed by atoms with E-state index in [0.29, 0.717) is 0 Å². The molecule has 1 aromatic carbocycles. The summed E-state index contributed by atoms with van der Waals surface area (Å²) in [5.41, 5.74) is 1.05. The van der Waals surface area contributed by atoms with Crippen LogP contribution in [0.5, 0.6) is 0 Å². The lowest BCUT2D eigenvalue weighted by molar-refractivity contribution is 0.500. The number of benzene rings is 1.